The van der Waals surface area contributed by atoms with Crippen molar-refractivity contribution >= 4 is 27.3 Å². The lowest BCUT2D eigenvalue weighted by Crippen LogP contribution is -2.32. The van der Waals surface area contributed by atoms with E-state index in [0.717, 1.165) is 5.56 Å². The first-order valence-corrected chi connectivity index (χ1v) is 10.6. The number of benzene rings is 2. The van der Waals surface area contributed by atoms with Crippen molar-refractivity contribution in [2.45, 2.75) is 17.1 Å². The lowest BCUT2D eigenvalue weighted by atomic mass is 10.1. The number of pyridine rings is 1. The molecule has 0 bridgehead atoms. The van der Waals surface area contributed by atoms with Gasteiger partial charge in [0, 0.05) is 29.5 Å². The lowest BCUT2D eigenvalue weighted by molar-refractivity contribution is 0.0953. The summed E-state index contributed by atoms with van der Waals surface area (Å²) in [5.74, 6) is -0.321. The molecule has 0 saturated heterocycles. The molecule has 0 unspecified atom stereocenters. The van der Waals surface area contributed by atoms with Crippen LogP contribution < -0.4 is 5.32 Å². The van der Waals surface area contributed by atoms with Gasteiger partial charge in [0.15, 0.2) is 9.84 Å². The number of hydrogen-bond donors (Lipinski definition) is 1. The summed E-state index contributed by atoms with van der Waals surface area (Å²) in [4.78, 5) is 16.7. The topological polar surface area (TPSA) is 76.1 Å². The summed E-state index contributed by atoms with van der Waals surface area (Å²) in [5.41, 5.74) is 1.83. The molecule has 7 heteroatoms. The summed E-state index contributed by atoms with van der Waals surface area (Å²) < 4.78 is 26.5. The van der Waals surface area contributed by atoms with Crippen molar-refractivity contribution in [3.8, 4) is 0 Å². The number of rotatable bonds is 6. The second-order valence-electron chi connectivity index (χ2n) is 6.30. The van der Waals surface area contributed by atoms with E-state index in [4.69, 9.17) is 11.6 Å². The number of sulfone groups is 1. The number of carbonyl (C=O) groups is 1. The van der Waals surface area contributed by atoms with Gasteiger partial charge in [-0.05, 0) is 54.4 Å². The van der Waals surface area contributed by atoms with E-state index < -0.39 is 15.1 Å². The summed E-state index contributed by atoms with van der Waals surface area (Å²) in [7, 11) is -3.77. The number of nitrogens with zero attached hydrogens (tertiary/aromatic N) is 1. The highest BCUT2D eigenvalue weighted by atomic mass is 35.5. The number of aromatic nitrogens is 1. The van der Waals surface area contributed by atoms with Crippen molar-refractivity contribution in [1.29, 1.82) is 0 Å². The van der Waals surface area contributed by atoms with Crippen LogP contribution in [0.25, 0.3) is 0 Å². The highest BCUT2D eigenvalue weighted by molar-refractivity contribution is 7.91. The Balaban J connectivity index is 1.91. The zero-order chi connectivity index (χ0) is 20.1. The van der Waals surface area contributed by atoms with Crippen molar-refractivity contribution in [2.24, 2.45) is 0 Å². The predicted octanol–water partition coefficient (Wildman–Crippen LogP) is 3.99. The quantitative estimate of drug-likeness (QED) is 0.661. The number of halogens is 1. The van der Waals surface area contributed by atoms with E-state index in [1.807, 2.05) is 19.1 Å². The Kier molecular flexibility index (Phi) is 6.11. The Morgan fingerprint density at radius 1 is 1.07 bits per heavy atom. The molecule has 1 N–H and O–H groups in total. The van der Waals surface area contributed by atoms with Gasteiger partial charge < -0.3 is 5.32 Å². The molecule has 1 aromatic heterocycles. The van der Waals surface area contributed by atoms with Crippen LogP contribution in [0.15, 0.2) is 78.0 Å². The molecule has 0 saturated carbocycles. The summed E-state index contributed by atoms with van der Waals surface area (Å²) in [6.45, 7) is 1.75. The monoisotopic (exact) mass is 414 g/mol. The van der Waals surface area contributed by atoms with Crippen LogP contribution in [0.4, 0.5) is 0 Å². The molecule has 0 aliphatic rings. The normalized spacial score (nSPS) is 12.4. The molecule has 5 nitrogen and oxygen atoms in total. The predicted molar refractivity (Wildman–Crippen MR) is 109 cm³/mol. The van der Waals surface area contributed by atoms with Gasteiger partial charge >= 0.3 is 0 Å². The van der Waals surface area contributed by atoms with Crippen LogP contribution in [0.3, 0.4) is 0 Å². The van der Waals surface area contributed by atoms with Gasteiger partial charge in [-0.25, -0.2) is 8.42 Å². The Bertz CT molecular complexity index is 1070. The zero-order valence-corrected chi connectivity index (χ0v) is 16.7. The fourth-order valence-electron chi connectivity index (χ4n) is 2.87. The Labute approximate surface area is 169 Å². The Morgan fingerprint density at radius 2 is 1.79 bits per heavy atom. The first-order valence-electron chi connectivity index (χ1n) is 8.63. The van der Waals surface area contributed by atoms with E-state index in [1.54, 1.807) is 30.5 Å². The van der Waals surface area contributed by atoms with Gasteiger partial charge in [0.1, 0.15) is 5.25 Å². The number of nitrogens with one attached hydrogen (secondary N) is 1. The fourth-order valence-corrected chi connectivity index (χ4v) is 4.64. The van der Waals surface area contributed by atoms with Crippen LogP contribution in [0.5, 0.6) is 0 Å². The van der Waals surface area contributed by atoms with Gasteiger partial charge in [0.25, 0.3) is 5.91 Å². The minimum atomic E-state index is -3.77. The zero-order valence-electron chi connectivity index (χ0n) is 15.2. The molecule has 144 valence electrons. The molecule has 1 atom stereocenters. The maximum Gasteiger partial charge on any atom is 0.251 e. The number of hydrogen-bond acceptors (Lipinski definition) is 4. The second-order valence-corrected chi connectivity index (χ2v) is 8.87. The third kappa shape index (κ3) is 4.40. The molecule has 0 aliphatic heterocycles. The maximum atomic E-state index is 13.2. The first-order chi connectivity index (χ1) is 13.4. The smallest absolute Gasteiger partial charge is 0.251 e. The van der Waals surface area contributed by atoms with Gasteiger partial charge in [-0.2, -0.15) is 0 Å². The van der Waals surface area contributed by atoms with Gasteiger partial charge in [-0.3, -0.25) is 9.78 Å². The Morgan fingerprint density at radius 3 is 2.43 bits per heavy atom. The van der Waals surface area contributed by atoms with Crippen LogP contribution in [0, 0.1) is 6.92 Å². The van der Waals surface area contributed by atoms with E-state index in [2.05, 4.69) is 10.3 Å². The SMILES string of the molecule is Cc1ccccc1C(=O)NC[C@@H](c1cccnc1)S(=O)(=O)c1ccc(Cl)cc1. The van der Waals surface area contributed by atoms with Crippen molar-refractivity contribution < 1.29 is 13.2 Å². The molecule has 0 aliphatic carbocycles. The molecule has 0 radical (unpaired) electrons. The van der Waals surface area contributed by atoms with Crippen molar-refractivity contribution in [2.75, 3.05) is 6.54 Å². The molecular formula is C21H19ClN2O3S. The molecule has 2 aromatic carbocycles. The molecule has 0 fully saturated rings. The van der Waals surface area contributed by atoms with E-state index in [1.165, 1.54) is 30.5 Å². The summed E-state index contributed by atoms with van der Waals surface area (Å²) in [6, 6.07) is 16.5. The van der Waals surface area contributed by atoms with E-state index in [0.29, 0.717) is 16.1 Å². The lowest BCUT2D eigenvalue weighted by Gasteiger charge is -2.19. The van der Waals surface area contributed by atoms with Gasteiger partial charge in [0.05, 0.1) is 4.90 Å². The van der Waals surface area contributed by atoms with Crippen LogP contribution in [-0.4, -0.2) is 25.9 Å². The Hall–Kier alpha value is -2.70. The minimum Gasteiger partial charge on any atom is -0.350 e. The molecular weight excluding hydrogens is 396 g/mol. The maximum absolute atomic E-state index is 13.2. The molecule has 1 heterocycles. The van der Waals surface area contributed by atoms with Crippen LogP contribution >= 0.6 is 11.6 Å². The van der Waals surface area contributed by atoms with Gasteiger partial charge in [0.2, 0.25) is 0 Å². The highest BCUT2D eigenvalue weighted by Gasteiger charge is 2.30. The molecule has 28 heavy (non-hydrogen) atoms. The summed E-state index contributed by atoms with van der Waals surface area (Å²) in [6.07, 6.45) is 3.07. The summed E-state index contributed by atoms with van der Waals surface area (Å²) >= 11 is 5.88. The third-order valence-corrected chi connectivity index (χ3v) is 6.78. The number of carbonyl (C=O) groups excluding carboxylic acids is 1. The van der Waals surface area contributed by atoms with E-state index in [-0.39, 0.29) is 17.3 Å². The van der Waals surface area contributed by atoms with Crippen LogP contribution in [0.1, 0.15) is 26.7 Å². The molecule has 0 spiro atoms. The minimum absolute atomic E-state index is 0.0795. The third-order valence-electron chi connectivity index (χ3n) is 4.41. The van der Waals surface area contributed by atoms with Crippen molar-refractivity contribution in [3.63, 3.8) is 0 Å². The van der Waals surface area contributed by atoms with E-state index in [9.17, 15) is 13.2 Å². The first kappa shape index (κ1) is 20.0. The van der Waals surface area contributed by atoms with Crippen LogP contribution in [0.2, 0.25) is 5.02 Å². The largest absolute Gasteiger partial charge is 0.350 e. The summed E-state index contributed by atoms with van der Waals surface area (Å²) in [5, 5.41) is 2.23. The van der Waals surface area contributed by atoms with Crippen molar-refractivity contribution in [1.82, 2.24) is 10.3 Å². The van der Waals surface area contributed by atoms with Crippen LogP contribution in [-0.2, 0) is 9.84 Å². The van der Waals surface area contributed by atoms with Gasteiger partial charge in [-0.1, -0.05) is 35.9 Å². The van der Waals surface area contributed by atoms with Crippen molar-refractivity contribution in [3.05, 3.63) is 94.8 Å². The highest BCUT2D eigenvalue weighted by Crippen LogP contribution is 2.29. The average Bonchev–Trinajstić information content (AvgIpc) is 2.69. The standard InChI is InChI=1S/C21H19ClN2O3S/c1-15-5-2-3-7-19(15)21(25)24-14-20(16-6-4-12-23-13-16)28(26,27)18-10-8-17(22)9-11-18/h2-13,20H,14H2,1H3,(H,24,25)/t20-/m0/s1. The second kappa shape index (κ2) is 8.54. The fraction of sp³-hybridized carbons (Fsp3) is 0.143. The average molecular weight is 415 g/mol. The van der Waals surface area contributed by atoms with E-state index >= 15 is 0 Å². The number of amides is 1. The molecule has 3 aromatic rings. The molecule has 3 rings (SSSR count). The molecule has 1 amide bonds. The van der Waals surface area contributed by atoms with Gasteiger partial charge in [-0.15, -0.1) is 0 Å². The number of aryl methyl sites for hydroxylation is 1.